The number of aromatic nitrogens is 1. The molecule has 27 heavy (non-hydrogen) atoms. The van der Waals surface area contributed by atoms with Crippen molar-refractivity contribution >= 4 is 22.7 Å². The summed E-state index contributed by atoms with van der Waals surface area (Å²) in [6.07, 6.45) is 0.628. The highest BCUT2D eigenvalue weighted by atomic mass is 16.6. The van der Waals surface area contributed by atoms with Gasteiger partial charge >= 0.3 is 5.76 Å². The van der Waals surface area contributed by atoms with E-state index in [0.717, 1.165) is 21.9 Å². The molecule has 9 nitrogen and oxygen atoms in total. The summed E-state index contributed by atoms with van der Waals surface area (Å²) in [6, 6.07) is 11.3. The second kappa shape index (κ2) is 7.73. The Labute approximate surface area is 153 Å². The molecule has 0 fully saturated rings. The highest BCUT2D eigenvalue weighted by Gasteiger charge is 2.16. The molecule has 1 aromatic heterocycles. The zero-order valence-electron chi connectivity index (χ0n) is 14.5. The van der Waals surface area contributed by atoms with Crippen molar-refractivity contribution in [1.29, 1.82) is 0 Å². The summed E-state index contributed by atoms with van der Waals surface area (Å²) >= 11 is 0. The number of nitro benzene ring substituents is 1. The third-order valence-electron chi connectivity index (χ3n) is 4.06. The molecule has 0 spiro atoms. The van der Waals surface area contributed by atoms with Crippen molar-refractivity contribution < 1.29 is 18.9 Å². The van der Waals surface area contributed by atoms with E-state index in [1.807, 2.05) is 24.3 Å². The fraction of sp³-hybridized carbons (Fsp3) is 0.222. The van der Waals surface area contributed by atoms with Crippen LogP contribution < -0.4 is 15.8 Å². The Morgan fingerprint density at radius 1 is 1.26 bits per heavy atom. The molecule has 0 bridgehead atoms. The van der Waals surface area contributed by atoms with Gasteiger partial charge in [0.2, 0.25) is 5.91 Å². The molecule has 1 heterocycles. The molecule has 0 atom stereocenters. The summed E-state index contributed by atoms with van der Waals surface area (Å²) < 4.78 is 11.2. The van der Waals surface area contributed by atoms with E-state index in [1.165, 1.54) is 12.1 Å². The number of carbonyl (C=O) groups is 1. The molecule has 3 rings (SSSR count). The SMILES string of the molecule is COc1ccc(CCNC(=O)Cn2c(=O)oc3cc([N+](=O)[O-])ccc32)cc1. The van der Waals surface area contributed by atoms with E-state index in [2.05, 4.69) is 5.32 Å². The summed E-state index contributed by atoms with van der Waals surface area (Å²) in [7, 11) is 1.59. The highest BCUT2D eigenvalue weighted by Crippen LogP contribution is 2.20. The van der Waals surface area contributed by atoms with Gasteiger partial charge in [0, 0.05) is 12.6 Å². The number of fused-ring (bicyclic) bond motifs is 1. The van der Waals surface area contributed by atoms with Gasteiger partial charge in [-0.2, -0.15) is 0 Å². The first-order valence-corrected chi connectivity index (χ1v) is 8.15. The molecule has 0 unspecified atom stereocenters. The lowest BCUT2D eigenvalue weighted by Crippen LogP contribution is -2.32. The molecule has 3 aromatic rings. The topological polar surface area (TPSA) is 117 Å². The predicted octanol–water partition coefficient (Wildman–Crippen LogP) is 1.87. The van der Waals surface area contributed by atoms with E-state index in [9.17, 15) is 19.7 Å². The third-order valence-corrected chi connectivity index (χ3v) is 4.06. The molecule has 0 aliphatic heterocycles. The van der Waals surface area contributed by atoms with Crippen molar-refractivity contribution in [2.24, 2.45) is 0 Å². The summed E-state index contributed by atoms with van der Waals surface area (Å²) in [5.41, 5.74) is 1.25. The van der Waals surface area contributed by atoms with Gasteiger partial charge in [-0.15, -0.1) is 0 Å². The van der Waals surface area contributed by atoms with Crippen LogP contribution in [0.1, 0.15) is 5.56 Å². The molecule has 0 saturated carbocycles. The monoisotopic (exact) mass is 371 g/mol. The van der Waals surface area contributed by atoms with Crippen molar-refractivity contribution in [3.8, 4) is 5.75 Å². The fourth-order valence-corrected chi connectivity index (χ4v) is 2.66. The minimum Gasteiger partial charge on any atom is -0.497 e. The van der Waals surface area contributed by atoms with Crippen LogP contribution >= 0.6 is 0 Å². The summed E-state index contributed by atoms with van der Waals surface area (Å²) in [4.78, 5) is 34.3. The molecule has 0 radical (unpaired) electrons. The number of amides is 1. The Bertz CT molecular complexity index is 1040. The second-order valence-electron chi connectivity index (χ2n) is 5.81. The summed E-state index contributed by atoms with van der Waals surface area (Å²) in [6.45, 7) is 0.174. The van der Waals surface area contributed by atoms with Gasteiger partial charge in [-0.1, -0.05) is 12.1 Å². The molecule has 2 aromatic carbocycles. The van der Waals surface area contributed by atoms with Crippen molar-refractivity contribution in [3.63, 3.8) is 0 Å². The lowest BCUT2D eigenvalue weighted by Gasteiger charge is -2.07. The Kier molecular flexibility index (Phi) is 5.20. The van der Waals surface area contributed by atoms with Gasteiger partial charge in [-0.05, 0) is 30.2 Å². The first-order chi connectivity index (χ1) is 13.0. The second-order valence-corrected chi connectivity index (χ2v) is 5.81. The van der Waals surface area contributed by atoms with Crippen LogP contribution in [0.25, 0.3) is 11.1 Å². The molecule has 0 saturated heterocycles. The largest absolute Gasteiger partial charge is 0.497 e. The first kappa shape index (κ1) is 18.2. The van der Waals surface area contributed by atoms with Gasteiger partial charge in [-0.3, -0.25) is 19.5 Å². The first-order valence-electron chi connectivity index (χ1n) is 8.15. The van der Waals surface area contributed by atoms with Crippen molar-refractivity contribution in [3.05, 3.63) is 68.7 Å². The van der Waals surface area contributed by atoms with Gasteiger partial charge in [0.25, 0.3) is 5.69 Å². The van der Waals surface area contributed by atoms with Crippen LogP contribution in [0.2, 0.25) is 0 Å². The van der Waals surface area contributed by atoms with Crippen LogP contribution in [-0.4, -0.2) is 29.1 Å². The van der Waals surface area contributed by atoms with Gasteiger partial charge in [0.05, 0.1) is 23.6 Å². The number of hydrogen-bond acceptors (Lipinski definition) is 6. The van der Waals surface area contributed by atoms with E-state index in [-0.39, 0.29) is 23.7 Å². The van der Waals surface area contributed by atoms with Crippen molar-refractivity contribution in [2.75, 3.05) is 13.7 Å². The maximum atomic E-state index is 12.1. The van der Waals surface area contributed by atoms with E-state index in [1.54, 1.807) is 7.11 Å². The number of nitro groups is 1. The number of methoxy groups -OCH3 is 1. The number of non-ortho nitro benzene ring substituents is 1. The summed E-state index contributed by atoms with van der Waals surface area (Å²) in [5.74, 6) is -0.336. The van der Waals surface area contributed by atoms with Crippen LogP contribution in [-0.2, 0) is 17.8 Å². The van der Waals surface area contributed by atoms with Gasteiger partial charge in [0.1, 0.15) is 12.3 Å². The van der Waals surface area contributed by atoms with Gasteiger partial charge < -0.3 is 14.5 Å². The Balaban J connectivity index is 1.62. The predicted molar refractivity (Wildman–Crippen MR) is 96.8 cm³/mol. The maximum absolute atomic E-state index is 12.1. The minimum atomic E-state index is -0.740. The quantitative estimate of drug-likeness (QED) is 0.500. The zero-order chi connectivity index (χ0) is 19.4. The standard InChI is InChI=1S/C18H17N3O6/c1-26-14-5-2-12(3-6-14)8-9-19-17(22)11-20-15-7-4-13(21(24)25)10-16(15)27-18(20)23/h2-7,10H,8-9,11H2,1H3,(H,19,22). The number of oxazole rings is 1. The number of nitrogens with zero attached hydrogens (tertiary/aromatic N) is 2. The van der Waals surface area contributed by atoms with E-state index in [4.69, 9.17) is 9.15 Å². The smallest absolute Gasteiger partial charge is 0.420 e. The van der Waals surface area contributed by atoms with Crippen LogP contribution in [0.4, 0.5) is 5.69 Å². The van der Waals surface area contributed by atoms with Crippen molar-refractivity contribution in [2.45, 2.75) is 13.0 Å². The number of ether oxygens (including phenoxy) is 1. The summed E-state index contributed by atoms with van der Waals surface area (Å²) in [5, 5.41) is 13.5. The van der Waals surface area contributed by atoms with Crippen LogP contribution in [0.5, 0.6) is 5.75 Å². The van der Waals surface area contributed by atoms with Gasteiger partial charge in [0.15, 0.2) is 5.58 Å². The maximum Gasteiger partial charge on any atom is 0.420 e. The normalized spacial score (nSPS) is 10.7. The fourth-order valence-electron chi connectivity index (χ4n) is 2.66. The van der Waals surface area contributed by atoms with Crippen LogP contribution in [0.15, 0.2) is 51.7 Å². The van der Waals surface area contributed by atoms with Crippen molar-refractivity contribution in [1.82, 2.24) is 9.88 Å². The molecule has 140 valence electrons. The van der Waals surface area contributed by atoms with Crippen LogP contribution in [0.3, 0.4) is 0 Å². The molecule has 0 aliphatic carbocycles. The van der Waals surface area contributed by atoms with E-state index >= 15 is 0 Å². The Hall–Kier alpha value is -3.62. The number of hydrogen-bond donors (Lipinski definition) is 1. The number of benzene rings is 2. The molecular weight excluding hydrogens is 354 g/mol. The van der Waals surface area contributed by atoms with Gasteiger partial charge in [-0.25, -0.2) is 4.79 Å². The minimum absolute atomic E-state index is 0.0697. The van der Waals surface area contributed by atoms with E-state index < -0.39 is 10.7 Å². The molecule has 9 heteroatoms. The Morgan fingerprint density at radius 3 is 2.67 bits per heavy atom. The molecular formula is C18H17N3O6. The zero-order valence-corrected chi connectivity index (χ0v) is 14.5. The number of nitrogens with one attached hydrogen (secondary N) is 1. The van der Waals surface area contributed by atoms with Crippen LogP contribution in [0, 0.1) is 10.1 Å². The lowest BCUT2D eigenvalue weighted by molar-refractivity contribution is -0.384. The molecule has 0 aliphatic rings. The average Bonchev–Trinajstić information content (AvgIpc) is 2.97. The highest BCUT2D eigenvalue weighted by molar-refractivity contribution is 5.80. The Morgan fingerprint density at radius 2 is 2.00 bits per heavy atom. The number of carbonyl (C=O) groups excluding carboxylic acids is 1. The van der Waals surface area contributed by atoms with E-state index in [0.29, 0.717) is 18.5 Å². The third kappa shape index (κ3) is 4.14. The lowest BCUT2D eigenvalue weighted by atomic mass is 10.1. The molecule has 1 N–H and O–H groups in total. The molecule has 1 amide bonds. The number of rotatable bonds is 7. The average molecular weight is 371 g/mol.